The van der Waals surface area contributed by atoms with E-state index in [9.17, 15) is 0 Å². The van der Waals surface area contributed by atoms with Gasteiger partial charge < -0.3 is 10.2 Å². The topological polar surface area (TPSA) is 28.2 Å². The second kappa shape index (κ2) is 5.65. The maximum atomic E-state index is 5.86. The van der Waals surface area contributed by atoms with Gasteiger partial charge in [0, 0.05) is 18.6 Å². The Bertz CT molecular complexity index is 358. The quantitative estimate of drug-likeness (QED) is 0.894. The smallest absolute Gasteiger partial charge is 0.113 e. The molecule has 1 aliphatic carbocycles. The van der Waals surface area contributed by atoms with Gasteiger partial charge in [-0.3, -0.25) is 0 Å². The lowest BCUT2D eigenvalue weighted by Gasteiger charge is -2.36. The lowest BCUT2D eigenvalue weighted by atomic mass is 9.96. The molecular formula is C12H20ClN3S. The van der Waals surface area contributed by atoms with Crippen LogP contribution in [0.3, 0.4) is 0 Å². The van der Waals surface area contributed by atoms with E-state index < -0.39 is 0 Å². The van der Waals surface area contributed by atoms with Gasteiger partial charge in [-0.2, -0.15) is 0 Å². The van der Waals surface area contributed by atoms with E-state index in [1.54, 1.807) is 17.5 Å². The summed E-state index contributed by atoms with van der Waals surface area (Å²) in [5, 5.41) is 4.60. The minimum Gasteiger partial charge on any atom is -0.309 e. The lowest BCUT2D eigenvalue weighted by Crippen LogP contribution is -2.49. The molecule has 1 aromatic rings. The third kappa shape index (κ3) is 3.19. The van der Waals surface area contributed by atoms with Gasteiger partial charge in [0.2, 0.25) is 0 Å². The minimum absolute atomic E-state index is 0.348. The minimum atomic E-state index is 0.348. The Morgan fingerprint density at radius 1 is 1.47 bits per heavy atom. The molecule has 0 saturated heterocycles. The SMILES string of the molecule is CN(C)C1(CNCc2ncc(Cl)s2)CCCC1. The molecule has 2 rings (SSSR count). The van der Waals surface area contributed by atoms with Gasteiger partial charge in [0.25, 0.3) is 0 Å². The van der Waals surface area contributed by atoms with Crippen LogP contribution >= 0.6 is 22.9 Å². The predicted molar refractivity (Wildman–Crippen MR) is 73.7 cm³/mol. The van der Waals surface area contributed by atoms with Crippen LogP contribution in [0.25, 0.3) is 0 Å². The van der Waals surface area contributed by atoms with Crippen LogP contribution in [-0.4, -0.2) is 36.1 Å². The number of hydrogen-bond donors (Lipinski definition) is 1. The molecule has 1 heterocycles. The average Bonchev–Trinajstić information content (AvgIpc) is 2.89. The van der Waals surface area contributed by atoms with E-state index in [1.165, 1.54) is 25.7 Å². The zero-order valence-corrected chi connectivity index (χ0v) is 12.1. The second-order valence-electron chi connectivity index (χ2n) is 4.99. The first-order valence-corrected chi connectivity index (χ1v) is 7.30. The summed E-state index contributed by atoms with van der Waals surface area (Å²) in [6, 6.07) is 0. The summed E-state index contributed by atoms with van der Waals surface area (Å²) in [6.07, 6.45) is 7.02. The second-order valence-corrected chi connectivity index (χ2v) is 6.73. The van der Waals surface area contributed by atoms with Gasteiger partial charge in [-0.25, -0.2) is 4.98 Å². The Kier molecular flexibility index (Phi) is 4.42. The first-order chi connectivity index (χ1) is 8.12. The maximum Gasteiger partial charge on any atom is 0.113 e. The highest BCUT2D eigenvalue weighted by Crippen LogP contribution is 2.33. The fourth-order valence-corrected chi connectivity index (χ4v) is 3.51. The van der Waals surface area contributed by atoms with Crippen LogP contribution in [-0.2, 0) is 6.54 Å². The van der Waals surface area contributed by atoms with Crippen molar-refractivity contribution in [3.8, 4) is 0 Å². The normalized spacial score (nSPS) is 19.1. The van der Waals surface area contributed by atoms with Crippen LogP contribution < -0.4 is 5.32 Å². The number of thiazole rings is 1. The molecule has 1 N–H and O–H groups in total. The Balaban J connectivity index is 1.84. The molecule has 0 unspecified atom stereocenters. The Morgan fingerprint density at radius 2 is 2.18 bits per heavy atom. The van der Waals surface area contributed by atoms with Crippen LogP contribution in [0.15, 0.2) is 6.20 Å². The monoisotopic (exact) mass is 273 g/mol. The van der Waals surface area contributed by atoms with Crippen molar-refractivity contribution in [2.45, 2.75) is 37.8 Å². The first kappa shape index (κ1) is 13.3. The molecule has 96 valence electrons. The van der Waals surface area contributed by atoms with Gasteiger partial charge in [-0.05, 0) is 26.9 Å². The van der Waals surface area contributed by atoms with E-state index in [1.807, 2.05) is 0 Å². The summed E-state index contributed by atoms with van der Waals surface area (Å²) in [7, 11) is 4.38. The zero-order chi connectivity index (χ0) is 12.3. The Morgan fingerprint density at radius 3 is 2.71 bits per heavy atom. The molecule has 3 nitrogen and oxygen atoms in total. The molecule has 0 radical (unpaired) electrons. The van der Waals surface area contributed by atoms with E-state index in [4.69, 9.17) is 11.6 Å². The van der Waals surface area contributed by atoms with Gasteiger partial charge in [0.1, 0.15) is 9.34 Å². The molecule has 1 saturated carbocycles. The van der Waals surface area contributed by atoms with Crippen molar-refractivity contribution < 1.29 is 0 Å². The molecule has 0 aliphatic heterocycles. The molecule has 17 heavy (non-hydrogen) atoms. The fourth-order valence-electron chi connectivity index (χ4n) is 2.59. The predicted octanol–water partition coefficient (Wildman–Crippen LogP) is 2.76. The van der Waals surface area contributed by atoms with E-state index in [0.29, 0.717) is 5.54 Å². The van der Waals surface area contributed by atoms with E-state index in [-0.39, 0.29) is 0 Å². The molecule has 0 bridgehead atoms. The third-order valence-electron chi connectivity index (χ3n) is 3.74. The first-order valence-electron chi connectivity index (χ1n) is 6.11. The van der Waals surface area contributed by atoms with Gasteiger partial charge in [0.15, 0.2) is 0 Å². The van der Waals surface area contributed by atoms with Crippen molar-refractivity contribution in [3.63, 3.8) is 0 Å². The highest BCUT2D eigenvalue weighted by molar-refractivity contribution is 7.15. The molecule has 0 aromatic carbocycles. The van der Waals surface area contributed by atoms with Gasteiger partial charge in [-0.1, -0.05) is 24.4 Å². The molecule has 0 amide bonds. The van der Waals surface area contributed by atoms with E-state index in [2.05, 4.69) is 29.3 Å². The van der Waals surface area contributed by atoms with Crippen molar-refractivity contribution in [2.75, 3.05) is 20.6 Å². The summed E-state index contributed by atoms with van der Waals surface area (Å²) >= 11 is 7.42. The Labute approximate surface area is 112 Å². The number of hydrogen-bond acceptors (Lipinski definition) is 4. The molecular weight excluding hydrogens is 254 g/mol. The number of nitrogens with zero attached hydrogens (tertiary/aromatic N) is 2. The molecule has 1 fully saturated rings. The standard InChI is InChI=1S/C12H20ClN3S/c1-16(2)12(5-3-4-6-12)9-14-8-11-15-7-10(13)17-11/h7,14H,3-6,8-9H2,1-2H3. The van der Waals surface area contributed by atoms with Crippen molar-refractivity contribution in [1.29, 1.82) is 0 Å². The molecule has 1 aromatic heterocycles. The number of rotatable bonds is 5. The highest BCUT2D eigenvalue weighted by Gasteiger charge is 2.35. The summed E-state index contributed by atoms with van der Waals surface area (Å²) in [4.78, 5) is 6.63. The summed E-state index contributed by atoms with van der Waals surface area (Å²) in [6.45, 7) is 1.87. The van der Waals surface area contributed by atoms with Gasteiger partial charge >= 0.3 is 0 Å². The number of aromatic nitrogens is 1. The molecule has 0 spiro atoms. The molecule has 0 atom stereocenters. The van der Waals surface area contributed by atoms with E-state index in [0.717, 1.165) is 22.4 Å². The zero-order valence-electron chi connectivity index (χ0n) is 10.5. The maximum absolute atomic E-state index is 5.86. The fraction of sp³-hybridized carbons (Fsp3) is 0.750. The average molecular weight is 274 g/mol. The van der Waals surface area contributed by atoms with Crippen molar-refractivity contribution in [2.24, 2.45) is 0 Å². The van der Waals surface area contributed by atoms with Crippen LogP contribution in [0.1, 0.15) is 30.7 Å². The lowest BCUT2D eigenvalue weighted by molar-refractivity contribution is 0.153. The summed E-state index contributed by atoms with van der Waals surface area (Å²) in [5.74, 6) is 0. The Hall–Kier alpha value is -0.160. The van der Waals surface area contributed by atoms with Gasteiger partial charge in [0.05, 0.1) is 6.20 Å². The van der Waals surface area contributed by atoms with Crippen LogP contribution in [0.4, 0.5) is 0 Å². The number of halogens is 1. The number of nitrogens with one attached hydrogen (secondary N) is 1. The van der Waals surface area contributed by atoms with Crippen molar-refractivity contribution in [3.05, 3.63) is 15.5 Å². The van der Waals surface area contributed by atoms with E-state index >= 15 is 0 Å². The van der Waals surface area contributed by atoms with Crippen LogP contribution in [0.5, 0.6) is 0 Å². The number of likely N-dealkylation sites (N-methyl/N-ethyl adjacent to an activating group) is 1. The van der Waals surface area contributed by atoms with Crippen LogP contribution in [0, 0.1) is 0 Å². The summed E-state index contributed by atoms with van der Waals surface area (Å²) < 4.78 is 0.769. The van der Waals surface area contributed by atoms with Gasteiger partial charge in [-0.15, -0.1) is 11.3 Å². The third-order valence-corrected chi connectivity index (χ3v) is 4.85. The van der Waals surface area contributed by atoms with Crippen molar-refractivity contribution >= 4 is 22.9 Å². The van der Waals surface area contributed by atoms with Crippen LogP contribution in [0.2, 0.25) is 4.34 Å². The molecule has 1 aliphatic rings. The summed E-state index contributed by atoms with van der Waals surface area (Å²) in [5.41, 5.74) is 0.348. The van der Waals surface area contributed by atoms with Crippen molar-refractivity contribution in [1.82, 2.24) is 15.2 Å². The molecule has 5 heteroatoms. The largest absolute Gasteiger partial charge is 0.309 e. The highest BCUT2D eigenvalue weighted by atomic mass is 35.5.